The van der Waals surface area contributed by atoms with Crippen molar-refractivity contribution in [2.75, 3.05) is 0 Å². The fourth-order valence-corrected chi connectivity index (χ4v) is 3.22. The maximum atomic E-state index is 10.6. The topological polar surface area (TPSA) is 58.9 Å². The molecule has 112 valence electrons. The molecule has 4 nitrogen and oxygen atoms in total. The summed E-state index contributed by atoms with van der Waals surface area (Å²) in [6.45, 7) is 4.48. The third-order valence-corrected chi connectivity index (χ3v) is 4.70. The SMILES string of the molecule is CC1(C)CCC(Oc2cc(C3(N=C=O)CC3)ccc2O)C1. The first-order valence-corrected chi connectivity index (χ1v) is 7.53. The third kappa shape index (κ3) is 2.81. The quantitative estimate of drug-likeness (QED) is 0.679. The first kappa shape index (κ1) is 14.2. The molecule has 0 heterocycles. The van der Waals surface area contributed by atoms with Gasteiger partial charge in [0.1, 0.15) is 0 Å². The molecule has 21 heavy (non-hydrogen) atoms. The minimum Gasteiger partial charge on any atom is -0.504 e. The Hall–Kier alpha value is -1.80. The number of ether oxygens (including phenoxy) is 1. The summed E-state index contributed by atoms with van der Waals surface area (Å²) in [6, 6.07) is 5.27. The van der Waals surface area contributed by atoms with Gasteiger partial charge in [0, 0.05) is 0 Å². The van der Waals surface area contributed by atoms with Gasteiger partial charge in [-0.05, 0) is 55.2 Å². The molecule has 4 heteroatoms. The Morgan fingerprint density at radius 3 is 2.67 bits per heavy atom. The Kier molecular flexibility index (Phi) is 3.29. The van der Waals surface area contributed by atoms with Gasteiger partial charge in [0.15, 0.2) is 11.5 Å². The van der Waals surface area contributed by atoms with Crippen LogP contribution in [0.1, 0.15) is 51.5 Å². The first-order valence-electron chi connectivity index (χ1n) is 7.53. The number of hydrogen-bond acceptors (Lipinski definition) is 4. The molecule has 0 radical (unpaired) electrons. The van der Waals surface area contributed by atoms with Gasteiger partial charge in [0.2, 0.25) is 6.08 Å². The smallest absolute Gasteiger partial charge is 0.235 e. The van der Waals surface area contributed by atoms with Crippen molar-refractivity contribution in [1.82, 2.24) is 0 Å². The van der Waals surface area contributed by atoms with Crippen LogP contribution in [0.2, 0.25) is 0 Å². The number of hydrogen-bond donors (Lipinski definition) is 1. The highest BCUT2D eigenvalue weighted by molar-refractivity contribution is 5.48. The zero-order chi connectivity index (χ0) is 15.1. The summed E-state index contributed by atoms with van der Waals surface area (Å²) < 4.78 is 5.99. The molecule has 1 aromatic carbocycles. The molecule has 0 aromatic heterocycles. The van der Waals surface area contributed by atoms with Crippen molar-refractivity contribution in [2.24, 2.45) is 10.4 Å². The second-order valence-electron chi connectivity index (χ2n) is 7.06. The van der Waals surface area contributed by atoms with E-state index in [4.69, 9.17) is 4.74 Å². The van der Waals surface area contributed by atoms with Gasteiger partial charge in [-0.2, -0.15) is 4.99 Å². The Morgan fingerprint density at radius 2 is 2.10 bits per heavy atom. The fraction of sp³-hybridized carbons (Fsp3) is 0.588. The van der Waals surface area contributed by atoms with Crippen molar-refractivity contribution in [1.29, 1.82) is 0 Å². The highest BCUT2D eigenvalue weighted by Crippen LogP contribution is 2.51. The van der Waals surface area contributed by atoms with Crippen LogP contribution in [0.3, 0.4) is 0 Å². The third-order valence-electron chi connectivity index (χ3n) is 4.70. The average molecular weight is 287 g/mol. The number of rotatable bonds is 4. The lowest BCUT2D eigenvalue weighted by Crippen LogP contribution is -2.15. The Morgan fingerprint density at radius 1 is 1.33 bits per heavy atom. The molecule has 1 N–H and O–H groups in total. The number of aliphatic imine (C=N–C) groups is 1. The number of phenols is 1. The Bertz CT molecular complexity index is 598. The van der Waals surface area contributed by atoms with Crippen LogP contribution >= 0.6 is 0 Å². The Labute approximate surface area is 124 Å². The van der Waals surface area contributed by atoms with Gasteiger partial charge in [-0.15, -0.1) is 0 Å². The van der Waals surface area contributed by atoms with E-state index < -0.39 is 5.54 Å². The van der Waals surface area contributed by atoms with Crippen molar-refractivity contribution >= 4 is 6.08 Å². The lowest BCUT2D eigenvalue weighted by Gasteiger charge is -2.19. The van der Waals surface area contributed by atoms with Crippen molar-refractivity contribution < 1.29 is 14.6 Å². The van der Waals surface area contributed by atoms with E-state index in [1.54, 1.807) is 12.1 Å². The molecule has 3 rings (SSSR count). The van der Waals surface area contributed by atoms with E-state index in [1.165, 1.54) is 0 Å². The number of nitrogens with zero attached hydrogens (tertiary/aromatic N) is 1. The van der Waals surface area contributed by atoms with Gasteiger partial charge in [-0.1, -0.05) is 19.9 Å². The zero-order valence-electron chi connectivity index (χ0n) is 12.6. The average Bonchev–Trinajstić information content (AvgIpc) is 3.12. The van der Waals surface area contributed by atoms with Gasteiger partial charge in [0.25, 0.3) is 0 Å². The molecular formula is C17H21NO3. The number of isocyanates is 1. The molecule has 0 bridgehead atoms. The van der Waals surface area contributed by atoms with Crippen LogP contribution in [0.5, 0.6) is 11.5 Å². The van der Waals surface area contributed by atoms with Crippen molar-refractivity contribution in [2.45, 2.75) is 57.6 Å². The first-order chi connectivity index (χ1) is 9.94. The molecule has 0 amide bonds. The van der Waals surface area contributed by atoms with Gasteiger partial charge in [0.05, 0.1) is 11.6 Å². The molecule has 2 saturated carbocycles. The number of aromatic hydroxyl groups is 1. The highest BCUT2D eigenvalue weighted by Gasteiger charge is 2.45. The summed E-state index contributed by atoms with van der Waals surface area (Å²) in [6.07, 6.45) is 6.64. The van der Waals surface area contributed by atoms with Crippen molar-refractivity contribution in [3.05, 3.63) is 23.8 Å². The van der Waals surface area contributed by atoms with Gasteiger partial charge < -0.3 is 9.84 Å². The summed E-state index contributed by atoms with van der Waals surface area (Å²) in [5.74, 6) is 0.650. The lowest BCUT2D eigenvalue weighted by molar-refractivity contribution is 0.186. The normalized spacial score (nSPS) is 25.1. The maximum absolute atomic E-state index is 10.6. The zero-order valence-corrected chi connectivity index (χ0v) is 12.6. The largest absolute Gasteiger partial charge is 0.504 e. The predicted molar refractivity (Wildman–Crippen MR) is 79.2 cm³/mol. The number of phenolic OH excluding ortho intramolecular Hbond substituents is 1. The molecule has 1 unspecified atom stereocenters. The maximum Gasteiger partial charge on any atom is 0.235 e. The molecule has 0 aliphatic heterocycles. The minimum atomic E-state index is -0.428. The standard InChI is InChI=1S/C17H21NO3/c1-16(2)6-5-13(10-16)21-15-9-12(3-4-14(15)20)17(7-8-17)18-11-19/h3-4,9,13,20H,5-8,10H2,1-2H3. The minimum absolute atomic E-state index is 0.144. The summed E-state index contributed by atoms with van der Waals surface area (Å²) in [5, 5.41) is 10.0. The molecule has 0 spiro atoms. The van der Waals surface area contributed by atoms with Gasteiger partial charge >= 0.3 is 0 Å². The van der Waals surface area contributed by atoms with Crippen LogP contribution in [0.4, 0.5) is 0 Å². The summed E-state index contributed by atoms with van der Waals surface area (Å²) in [7, 11) is 0. The molecule has 1 aromatic rings. The van der Waals surface area contributed by atoms with Gasteiger partial charge in [-0.25, -0.2) is 4.79 Å². The molecule has 1 atom stereocenters. The van der Waals surface area contributed by atoms with E-state index in [9.17, 15) is 9.90 Å². The fourth-order valence-electron chi connectivity index (χ4n) is 3.22. The second-order valence-corrected chi connectivity index (χ2v) is 7.06. The van der Waals surface area contributed by atoms with E-state index in [0.29, 0.717) is 11.2 Å². The molecule has 2 aliphatic carbocycles. The summed E-state index contributed by atoms with van der Waals surface area (Å²) in [5.41, 5.74) is 0.802. The monoisotopic (exact) mass is 287 g/mol. The second kappa shape index (κ2) is 4.88. The van der Waals surface area contributed by atoms with E-state index in [-0.39, 0.29) is 11.9 Å². The van der Waals surface area contributed by atoms with Gasteiger partial charge in [-0.3, -0.25) is 0 Å². The molecule has 2 fully saturated rings. The molecule has 2 aliphatic rings. The van der Waals surface area contributed by atoms with Crippen LogP contribution in [0.15, 0.2) is 23.2 Å². The van der Waals surface area contributed by atoms with Crippen LogP contribution in [-0.2, 0) is 10.3 Å². The summed E-state index contributed by atoms with van der Waals surface area (Å²) in [4.78, 5) is 14.5. The predicted octanol–water partition coefficient (Wildman–Crippen LogP) is 3.67. The number of carbonyl (C=O) groups excluding carboxylic acids is 1. The van der Waals surface area contributed by atoms with E-state index in [2.05, 4.69) is 18.8 Å². The number of benzene rings is 1. The van der Waals surface area contributed by atoms with E-state index in [1.807, 2.05) is 12.1 Å². The van der Waals surface area contributed by atoms with Crippen molar-refractivity contribution in [3.8, 4) is 11.5 Å². The molecule has 0 saturated heterocycles. The van der Waals surface area contributed by atoms with E-state index in [0.717, 1.165) is 37.7 Å². The van der Waals surface area contributed by atoms with Crippen molar-refractivity contribution in [3.63, 3.8) is 0 Å². The van der Waals surface area contributed by atoms with Crippen LogP contribution in [-0.4, -0.2) is 17.3 Å². The van der Waals surface area contributed by atoms with Crippen LogP contribution < -0.4 is 4.74 Å². The summed E-state index contributed by atoms with van der Waals surface area (Å²) >= 11 is 0. The highest BCUT2D eigenvalue weighted by atomic mass is 16.5. The van der Waals surface area contributed by atoms with Crippen LogP contribution in [0.25, 0.3) is 0 Å². The molecular weight excluding hydrogens is 266 g/mol. The van der Waals surface area contributed by atoms with E-state index >= 15 is 0 Å². The van der Waals surface area contributed by atoms with Crippen LogP contribution in [0, 0.1) is 5.41 Å². The lowest BCUT2D eigenvalue weighted by atomic mass is 9.92. The Balaban J connectivity index is 1.81.